The molecule has 0 radical (unpaired) electrons. The van der Waals surface area contributed by atoms with E-state index in [2.05, 4.69) is 0 Å². The van der Waals surface area contributed by atoms with E-state index in [1.807, 2.05) is 0 Å². The first-order chi connectivity index (χ1) is 5.27. The molecule has 1 rings (SSSR count). The normalized spacial score (nSPS) is 23.3. The topological polar surface area (TPSA) is 52.3 Å². The Hall–Kier alpha value is -1.09. The van der Waals surface area contributed by atoms with Crippen molar-refractivity contribution in [2.45, 2.75) is 0 Å². The minimum Gasteiger partial charge on any atom is -0.497 e. The minimum atomic E-state index is -0.158. The van der Waals surface area contributed by atoms with Crippen LogP contribution in [0.4, 0.5) is 0 Å². The third-order valence-electron chi connectivity index (χ3n) is 1.63. The molecule has 1 aliphatic rings. The van der Waals surface area contributed by atoms with Gasteiger partial charge in [0.25, 0.3) is 0 Å². The number of ether oxygens (including phenoxy) is 1. The number of hydrogen-bond acceptors (Lipinski definition) is 3. The van der Waals surface area contributed by atoms with Crippen LogP contribution in [0.3, 0.4) is 0 Å². The fraction of sp³-hybridized carbons (Fsp3) is 0.375. The highest BCUT2D eigenvalue weighted by Gasteiger charge is 2.15. The lowest BCUT2D eigenvalue weighted by molar-refractivity contribution is -0.116. The standard InChI is InChI=1S/C8H11NO2/c1-11-7-3-2-6(5-9)8(10)4-7/h2-4,6H,5,9H2,1H3. The fourth-order valence-corrected chi connectivity index (χ4v) is 0.923. The average molecular weight is 153 g/mol. The van der Waals surface area contributed by atoms with Crippen LogP contribution in [0, 0.1) is 5.92 Å². The molecule has 1 unspecified atom stereocenters. The predicted molar refractivity (Wildman–Crippen MR) is 41.8 cm³/mol. The van der Waals surface area contributed by atoms with E-state index in [9.17, 15) is 4.79 Å². The van der Waals surface area contributed by atoms with Crippen LogP contribution in [0.15, 0.2) is 24.0 Å². The first-order valence-corrected chi connectivity index (χ1v) is 3.45. The molecule has 1 atom stereocenters. The van der Waals surface area contributed by atoms with Crippen LogP contribution in [0.1, 0.15) is 0 Å². The Balaban J connectivity index is 2.71. The number of carbonyl (C=O) groups is 1. The van der Waals surface area contributed by atoms with E-state index in [1.54, 1.807) is 12.2 Å². The van der Waals surface area contributed by atoms with E-state index < -0.39 is 0 Å². The molecule has 0 bridgehead atoms. The largest absolute Gasteiger partial charge is 0.497 e. The number of nitrogens with two attached hydrogens (primary N) is 1. The van der Waals surface area contributed by atoms with E-state index in [1.165, 1.54) is 13.2 Å². The maximum absolute atomic E-state index is 11.1. The summed E-state index contributed by atoms with van der Waals surface area (Å²) in [7, 11) is 1.53. The van der Waals surface area contributed by atoms with Gasteiger partial charge in [-0.3, -0.25) is 4.79 Å². The van der Waals surface area contributed by atoms with Crippen molar-refractivity contribution < 1.29 is 9.53 Å². The fourth-order valence-electron chi connectivity index (χ4n) is 0.923. The summed E-state index contributed by atoms with van der Waals surface area (Å²) in [5, 5.41) is 0. The van der Waals surface area contributed by atoms with E-state index in [4.69, 9.17) is 10.5 Å². The Kier molecular flexibility index (Phi) is 2.44. The Morgan fingerprint density at radius 1 is 1.73 bits per heavy atom. The van der Waals surface area contributed by atoms with Crippen LogP contribution in [0.2, 0.25) is 0 Å². The van der Waals surface area contributed by atoms with E-state index in [0.717, 1.165) is 0 Å². The highest BCUT2D eigenvalue weighted by atomic mass is 16.5. The third kappa shape index (κ3) is 1.68. The van der Waals surface area contributed by atoms with Crippen molar-refractivity contribution in [3.63, 3.8) is 0 Å². The molecule has 1 aliphatic carbocycles. The molecule has 0 saturated carbocycles. The predicted octanol–water partition coefficient (Wildman–Crippen LogP) is 0.231. The molecule has 0 aromatic rings. The SMILES string of the molecule is COC1=CC(=O)C(CN)C=C1. The van der Waals surface area contributed by atoms with E-state index in [0.29, 0.717) is 12.3 Å². The minimum absolute atomic E-state index is 0.0202. The van der Waals surface area contributed by atoms with Crippen LogP contribution in [-0.2, 0) is 9.53 Å². The van der Waals surface area contributed by atoms with Crippen molar-refractivity contribution >= 4 is 5.78 Å². The lowest BCUT2D eigenvalue weighted by Gasteiger charge is -2.11. The highest BCUT2D eigenvalue weighted by molar-refractivity contribution is 5.95. The molecule has 0 saturated heterocycles. The molecule has 0 amide bonds. The first kappa shape index (κ1) is 8.01. The monoisotopic (exact) mass is 153 g/mol. The van der Waals surface area contributed by atoms with Gasteiger partial charge >= 0.3 is 0 Å². The first-order valence-electron chi connectivity index (χ1n) is 3.45. The van der Waals surface area contributed by atoms with Gasteiger partial charge in [0.15, 0.2) is 5.78 Å². The van der Waals surface area contributed by atoms with Gasteiger partial charge in [0.2, 0.25) is 0 Å². The van der Waals surface area contributed by atoms with Crippen molar-refractivity contribution in [3.05, 3.63) is 24.0 Å². The Labute approximate surface area is 65.5 Å². The smallest absolute Gasteiger partial charge is 0.167 e. The summed E-state index contributed by atoms with van der Waals surface area (Å²) in [6.07, 6.45) is 5.00. The molecule has 0 aromatic carbocycles. The van der Waals surface area contributed by atoms with Gasteiger partial charge < -0.3 is 10.5 Å². The van der Waals surface area contributed by atoms with Gasteiger partial charge in [0, 0.05) is 12.6 Å². The summed E-state index contributed by atoms with van der Waals surface area (Å²) in [5.41, 5.74) is 5.34. The Morgan fingerprint density at radius 3 is 2.91 bits per heavy atom. The van der Waals surface area contributed by atoms with Gasteiger partial charge in [-0.05, 0) is 6.08 Å². The summed E-state index contributed by atoms with van der Waals surface area (Å²) in [6, 6.07) is 0. The van der Waals surface area contributed by atoms with Crippen LogP contribution < -0.4 is 5.73 Å². The molecule has 0 heterocycles. The Bertz CT molecular complexity index is 218. The van der Waals surface area contributed by atoms with Gasteiger partial charge in [-0.1, -0.05) is 6.08 Å². The van der Waals surface area contributed by atoms with Gasteiger partial charge in [0.1, 0.15) is 5.76 Å². The van der Waals surface area contributed by atoms with Crippen molar-refractivity contribution in [2.24, 2.45) is 11.7 Å². The number of ketones is 1. The number of carbonyl (C=O) groups excluding carboxylic acids is 1. The van der Waals surface area contributed by atoms with Gasteiger partial charge in [-0.25, -0.2) is 0 Å². The molecule has 11 heavy (non-hydrogen) atoms. The zero-order valence-corrected chi connectivity index (χ0v) is 6.41. The van der Waals surface area contributed by atoms with Crippen LogP contribution >= 0.6 is 0 Å². The molecule has 60 valence electrons. The highest BCUT2D eigenvalue weighted by Crippen LogP contribution is 2.11. The molecule has 0 aromatic heterocycles. The number of hydrogen-bond donors (Lipinski definition) is 1. The second-order valence-electron chi connectivity index (χ2n) is 2.35. The molecular weight excluding hydrogens is 142 g/mol. The van der Waals surface area contributed by atoms with Crippen molar-refractivity contribution in [1.29, 1.82) is 0 Å². The summed E-state index contributed by atoms with van der Waals surface area (Å²) < 4.78 is 4.87. The quantitative estimate of drug-likeness (QED) is 0.617. The molecule has 2 N–H and O–H groups in total. The summed E-state index contributed by atoms with van der Waals surface area (Å²) in [4.78, 5) is 11.1. The van der Waals surface area contributed by atoms with Gasteiger partial charge in [-0.15, -0.1) is 0 Å². The van der Waals surface area contributed by atoms with Crippen molar-refractivity contribution in [3.8, 4) is 0 Å². The second kappa shape index (κ2) is 3.34. The van der Waals surface area contributed by atoms with Crippen molar-refractivity contribution in [2.75, 3.05) is 13.7 Å². The molecule has 0 aliphatic heterocycles. The molecule has 0 fully saturated rings. The maximum Gasteiger partial charge on any atom is 0.167 e. The van der Waals surface area contributed by atoms with Gasteiger partial charge in [0.05, 0.1) is 13.0 Å². The second-order valence-corrected chi connectivity index (χ2v) is 2.35. The molecule has 3 heteroatoms. The number of methoxy groups -OCH3 is 1. The van der Waals surface area contributed by atoms with Crippen molar-refractivity contribution in [1.82, 2.24) is 0 Å². The Morgan fingerprint density at radius 2 is 2.45 bits per heavy atom. The lowest BCUT2D eigenvalue weighted by Crippen LogP contribution is -2.22. The average Bonchev–Trinajstić information content (AvgIpc) is 2.04. The van der Waals surface area contributed by atoms with Crippen LogP contribution in [0.5, 0.6) is 0 Å². The summed E-state index contributed by atoms with van der Waals surface area (Å²) in [5.74, 6) is 0.459. The van der Waals surface area contributed by atoms with Crippen LogP contribution in [-0.4, -0.2) is 19.4 Å². The summed E-state index contributed by atoms with van der Waals surface area (Å²) >= 11 is 0. The number of rotatable bonds is 2. The molecule has 0 spiro atoms. The zero-order chi connectivity index (χ0) is 8.27. The zero-order valence-electron chi connectivity index (χ0n) is 6.41. The third-order valence-corrected chi connectivity index (χ3v) is 1.63. The van der Waals surface area contributed by atoms with E-state index in [-0.39, 0.29) is 11.7 Å². The molecular formula is C8H11NO2. The lowest BCUT2D eigenvalue weighted by atomic mass is 9.99. The maximum atomic E-state index is 11.1. The number of allylic oxidation sites excluding steroid dienone is 2. The van der Waals surface area contributed by atoms with E-state index >= 15 is 0 Å². The molecule has 3 nitrogen and oxygen atoms in total. The van der Waals surface area contributed by atoms with Gasteiger partial charge in [-0.2, -0.15) is 0 Å². The van der Waals surface area contributed by atoms with Crippen LogP contribution in [0.25, 0.3) is 0 Å². The summed E-state index contributed by atoms with van der Waals surface area (Å²) in [6.45, 7) is 0.364.